The number of aromatic nitrogens is 2. The Bertz CT molecular complexity index is 991. The highest BCUT2D eigenvalue weighted by Gasteiger charge is 2.20. The number of carbonyl (C=O) groups excluding carboxylic acids is 2. The maximum atomic E-state index is 13.3. The Morgan fingerprint density at radius 1 is 1.31 bits per heavy atom. The van der Waals surface area contributed by atoms with E-state index in [0.717, 1.165) is 10.4 Å². The highest BCUT2D eigenvalue weighted by atomic mass is 32.1. The largest absolute Gasteiger partial charge is 0.354 e. The van der Waals surface area contributed by atoms with Gasteiger partial charge in [0.15, 0.2) is 10.9 Å². The lowest BCUT2D eigenvalue weighted by Gasteiger charge is -2.01. The number of amides is 1. The third-order valence-corrected chi connectivity index (χ3v) is 4.97. The van der Waals surface area contributed by atoms with E-state index in [1.165, 1.54) is 30.4 Å². The van der Waals surface area contributed by atoms with E-state index in [1.54, 1.807) is 26.1 Å². The first kappa shape index (κ1) is 18.0. The van der Waals surface area contributed by atoms with Crippen molar-refractivity contribution in [1.82, 2.24) is 9.97 Å². The van der Waals surface area contributed by atoms with Crippen LogP contribution in [0.1, 0.15) is 49.5 Å². The molecule has 1 amide bonds. The molecule has 2 N–H and O–H groups in total. The first-order valence-electron chi connectivity index (χ1n) is 8.05. The zero-order valence-electron chi connectivity index (χ0n) is 14.6. The Morgan fingerprint density at radius 2 is 2.08 bits per heavy atom. The second kappa shape index (κ2) is 7.21. The molecule has 2 heterocycles. The number of hydrogen-bond acceptors (Lipinski definition) is 4. The molecule has 0 radical (unpaired) electrons. The van der Waals surface area contributed by atoms with Gasteiger partial charge in [-0.05, 0) is 44.0 Å². The molecule has 0 spiro atoms. The Kier molecular flexibility index (Phi) is 4.99. The number of nitrogens with zero attached hydrogens (tertiary/aromatic N) is 1. The van der Waals surface area contributed by atoms with Crippen LogP contribution in [0.5, 0.6) is 0 Å². The van der Waals surface area contributed by atoms with Gasteiger partial charge in [0, 0.05) is 28.8 Å². The molecule has 0 unspecified atom stereocenters. The van der Waals surface area contributed by atoms with Crippen molar-refractivity contribution in [1.29, 1.82) is 0 Å². The summed E-state index contributed by atoms with van der Waals surface area (Å²) in [5.41, 5.74) is 3.04. The predicted molar refractivity (Wildman–Crippen MR) is 99.5 cm³/mol. The van der Waals surface area contributed by atoms with Gasteiger partial charge >= 0.3 is 0 Å². The first-order valence-corrected chi connectivity index (χ1v) is 8.87. The minimum Gasteiger partial charge on any atom is -0.354 e. The van der Waals surface area contributed by atoms with E-state index in [-0.39, 0.29) is 17.5 Å². The molecular formula is C19H18FN3O2S. The molecule has 0 bridgehead atoms. The lowest BCUT2D eigenvalue weighted by molar-refractivity contribution is 0.101. The van der Waals surface area contributed by atoms with E-state index < -0.39 is 0 Å². The summed E-state index contributed by atoms with van der Waals surface area (Å²) in [5, 5.41) is 3.20. The number of H-pyrrole nitrogens is 1. The summed E-state index contributed by atoms with van der Waals surface area (Å²) in [6.07, 6.45) is 2.21. The van der Waals surface area contributed by atoms with E-state index in [9.17, 15) is 14.0 Å². The van der Waals surface area contributed by atoms with E-state index in [1.807, 2.05) is 6.07 Å². The Hall–Kier alpha value is -2.80. The Morgan fingerprint density at radius 3 is 2.73 bits per heavy atom. The zero-order chi connectivity index (χ0) is 18.8. The van der Waals surface area contributed by atoms with Crippen molar-refractivity contribution in [3.63, 3.8) is 0 Å². The lowest BCUT2D eigenvalue weighted by atomic mass is 10.1. The number of Topliss-reactive ketones (excluding diaryl/α,β-unsaturated/α-hetero) is 1. The van der Waals surface area contributed by atoms with Crippen LogP contribution in [0.2, 0.25) is 0 Å². The van der Waals surface area contributed by atoms with Crippen molar-refractivity contribution in [3.8, 4) is 0 Å². The van der Waals surface area contributed by atoms with Gasteiger partial charge in [0.05, 0.1) is 0 Å². The molecule has 3 rings (SSSR count). The predicted octanol–water partition coefficient (Wildman–Crippen LogP) is 4.27. The topological polar surface area (TPSA) is 74.8 Å². The minimum atomic E-state index is -0.343. The highest BCUT2D eigenvalue weighted by Crippen LogP contribution is 2.24. The maximum absolute atomic E-state index is 13.3. The molecule has 5 nitrogen and oxygen atoms in total. The molecule has 0 saturated carbocycles. The number of hydrogen-bond donors (Lipinski definition) is 2. The molecule has 7 heteroatoms. The molecule has 1 aromatic carbocycles. The van der Waals surface area contributed by atoms with Gasteiger partial charge in [0.1, 0.15) is 11.5 Å². The molecule has 0 aliphatic rings. The first-order chi connectivity index (χ1) is 12.3. The van der Waals surface area contributed by atoms with Crippen molar-refractivity contribution in [2.45, 2.75) is 27.2 Å². The van der Waals surface area contributed by atoms with Crippen molar-refractivity contribution in [2.24, 2.45) is 0 Å². The van der Waals surface area contributed by atoms with Crippen LogP contribution in [0.4, 0.5) is 9.52 Å². The molecular weight excluding hydrogens is 353 g/mol. The van der Waals surface area contributed by atoms with Gasteiger partial charge in [0.25, 0.3) is 5.91 Å². The SMILES string of the molecule is CC(=O)c1c(C)[nH]c(C(=O)Nc2ncc(Cc3cccc(F)c3)s2)c1C. The van der Waals surface area contributed by atoms with Gasteiger partial charge in [-0.2, -0.15) is 0 Å². The molecule has 0 fully saturated rings. The van der Waals surface area contributed by atoms with Crippen LogP contribution in [-0.2, 0) is 6.42 Å². The normalized spacial score (nSPS) is 10.8. The molecule has 0 saturated heterocycles. The summed E-state index contributed by atoms with van der Waals surface area (Å²) in [7, 11) is 0. The lowest BCUT2D eigenvalue weighted by Crippen LogP contribution is -2.13. The smallest absolute Gasteiger partial charge is 0.274 e. The van der Waals surface area contributed by atoms with Gasteiger partial charge in [0.2, 0.25) is 0 Å². The van der Waals surface area contributed by atoms with E-state index >= 15 is 0 Å². The highest BCUT2D eigenvalue weighted by molar-refractivity contribution is 7.15. The third-order valence-electron chi connectivity index (χ3n) is 4.06. The summed E-state index contributed by atoms with van der Waals surface area (Å²) in [5.74, 6) is -0.703. The molecule has 3 aromatic rings. The number of anilines is 1. The fraction of sp³-hybridized carbons (Fsp3) is 0.211. The molecule has 0 aliphatic heterocycles. The van der Waals surface area contributed by atoms with Crippen molar-refractivity contribution in [2.75, 3.05) is 5.32 Å². The van der Waals surface area contributed by atoms with Gasteiger partial charge in [-0.25, -0.2) is 9.37 Å². The third kappa shape index (κ3) is 3.72. The number of carbonyl (C=O) groups is 2. The van der Waals surface area contributed by atoms with Crippen molar-refractivity contribution in [3.05, 3.63) is 69.2 Å². The number of benzene rings is 1. The number of aromatic amines is 1. The van der Waals surface area contributed by atoms with Crippen molar-refractivity contribution >= 4 is 28.2 Å². The molecule has 2 aromatic heterocycles. The van der Waals surface area contributed by atoms with Crippen LogP contribution in [-0.4, -0.2) is 21.7 Å². The van der Waals surface area contributed by atoms with Gasteiger partial charge < -0.3 is 4.98 Å². The summed E-state index contributed by atoms with van der Waals surface area (Å²) in [4.78, 5) is 32.3. The van der Waals surface area contributed by atoms with Crippen LogP contribution >= 0.6 is 11.3 Å². The minimum absolute atomic E-state index is 0.0815. The molecule has 0 aliphatic carbocycles. The summed E-state index contributed by atoms with van der Waals surface area (Å²) in [6, 6.07) is 6.39. The van der Waals surface area contributed by atoms with Gasteiger partial charge in [-0.15, -0.1) is 11.3 Å². The second-order valence-corrected chi connectivity index (χ2v) is 7.19. The number of ketones is 1. The fourth-order valence-electron chi connectivity index (χ4n) is 2.96. The van der Waals surface area contributed by atoms with Crippen LogP contribution < -0.4 is 5.32 Å². The van der Waals surface area contributed by atoms with E-state index in [4.69, 9.17) is 0 Å². The van der Waals surface area contributed by atoms with Crippen molar-refractivity contribution < 1.29 is 14.0 Å². The van der Waals surface area contributed by atoms with Gasteiger partial charge in [-0.1, -0.05) is 12.1 Å². The molecule has 26 heavy (non-hydrogen) atoms. The Labute approximate surface area is 154 Å². The summed E-state index contributed by atoms with van der Waals surface area (Å²) >= 11 is 1.33. The average Bonchev–Trinajstić information content (AvgIpc) is 3.11. The maximum Gasteiger partial charge on any atom is 0.274 e. The monoisotopic (exact) mass is 371 g/mol. The van der Waals surface area contributed by atoms with Crippen LogP contribution in [0.15, 0.2) is 30.5 Å². The summed E-state index contributed by atoms with van der Waals surface area (Å²) < 4.78 is 13.3. The van der Waals surface area contributed by atoms with E-state index in [0.29, 0.717) is 34.1 Å². The number of halogens is 1. The fourth-order valence-corrected chi connectivity index (χ4v) is 3.80. The van der Waals surface area contributed by atoms with Crippen LogP contribution in [0.25, 0.3) is 0 Å². The standard InChI is InChI=1S/C19H18FN3O2S/c1-10-16(12(3)24)11(2)22-17(10)18(25)23-19-21-9-15(26-19)8-13-5-4-6-14(20)7-13/h4-7,9,22H,8H2,1-3H3,(H,21,23,25). The number of aryl methyl sites for hydroxylation is 1. The molecule has 134 valence electrons. The second-order valence-electron chi connectivity index (χ2n) is 6.07. The quantitative estimate of drug-likeness (QED) is 0.658. The van der Waals surface area contributed by atoms with E-state index in [2.05, 4.69) is 15.3 Å². The average molecular weight is 371 g/mol. The Balaban J connectivity index is 1.74. The number of nitrogens with one attached hydrogen (secondary N) is 2. The van der Waals surface area contributed by atoms with Crippen LogP contribution in [0, 0.1) is 19.7 Å². The zero-order valence-corrected chi connectivity index (χ0v) is 15.5. The van der Waals surface area contributed by atoms with Gasteiger partial charge in [-0.3, -0.25) is 14.9 Å². The summed E-state index contributed by atoms with van der Waals surface area (Å²) in [6.45, 7) is 4.98. The number of rotatable bonds is 5. The molecule has 0 atom stereocenters. The van der Waals surface area contributed by atoms with Crippen LogP contribution in [0.3, 0.4) is 0 Å². The number of thiazole rings is 1.